The number of nitrogens with one attached hydrogen (secondary N) is 2. The van der Waals surface area contributed by atoms with Crippen molar-refractivity contribution in [1.29, 1.82) is 0 Å². The van der Waals surface area contributed by atoms with Crippen LogP contribution in [0.1, 0.15) is 60.7 Å². The molecule has 0 bridgehead atoms. The fraction of sp³-hybridized carbons (Fsp3) is 0.444. The van der Waals surface area contributed by atoms with Gasteiger partial charge in [0.15, 0.2) is 0 Å². The van der Waals surface area contributed by atoms with Crippen LogP contribution in [0.25, 0.3) is 33.6 Å². The number of carbonyl (C=O) groups excluding carboxylic acids is 1. The molecule has 10 heteroatoms. The summed E-state index contributed by atoms with van der Waals surface area (Å²) in [5, 5.41) is 21.6. The van der Waals surface area contributed by atoms with E-state index in [1.165, 1.54) is 16.8 Å². The highest BCUT2D eigenvalue weighted by Crippen LogP contribution is 2.39. The van der Waals surface area contributed by atoms with Gasteiger partial charge in [-0.2, -0.15) is 5.10 Å². The number of hydrogen-bond donors (Lipinski definition) is 3. The van der Waals surface area contributed by atoms with Gasteiger partial charge in [-0.05, 0) is 67.9 Å². The van der Waals surface area contributed by atoms with Crippen LogP contribution in [0.5, 0.6) is 5.88 Å². The maximum atomic E-state index is 11.5. The quantitative estimate of drug-likeness (QED) is 0.249. The molecule has 2 aromatic heterocycles. The van der Waals surface area contributed by atoms with Crippen molar-refractivity contribution in [3.05, 3.63) is 71.2 Å². The lowest BCUT2D eigenvalue weighted by atomic mass is 9.90. The number of hydrogen-bond acceptors (Lipinski definition) is 8. The molecule has 46 heavy (non-hydrogen) atoms. The van der Waals surface area contributed by atoms with Gasteiger partial charge in [0.1, 0.15) is 5.69 Å². The van der Waals surface area contributed by atoms with Crippen molar-refractivity contribution < 1.29 is 14.6 Å². The summed E-state index contributed by atoms with van der Waals surface area (Å²) >= 11 is 0. The van der Waals surface area contributed by atoms with Crippen LogP contribution in [0, 0.1) is 13.8 Å². The second-order valence-corrected chi connectivity index (χ2v) is 12.9. The Hall–Kier alpha value is -4.12. The molecule has 3 aliphatic rings. The molecule has 2 aromatic carbocycles. The number of aliphatic hydroxyl groups is 1. The van der Waals surface area contributed by atoms with Crippen LogP contribution in [0.3, 0.4) is 0 Å². The molecule has 1 amide bonds. The Labute approximate surface area is 270 Å². The number of β-amino-alcohol motifs (C(OH)–C–C–N with tert-alkyl or cyclic N) is 1. The number of benzene rings is 2. The third-order valence-electron chi connectivity index (χ3n) is 9.92. The molecule has 3 aliphatic heterocycles. The standard InChI is InChI=1S/C36H43N7O3/c1-22-26(7-4-9-28(22)30-17-34-33(11-6-15-43(34)41-30)42-16-14-25(44)21-42)27-8-5-10-29(23(27)2)31-20-38-32(36(40-31)46-3)19-37-18-24-12-13-35(45)39-24/h4-5,7-10,17,20,24-25,33,37,44H,6,11-16,18-19,21H2,1-3H3,(H,39,45)/t24-,25+,33?/m0/s1. The van der Waals surface area contributed by atoms with Crippen molar-refractivity contribution in [1.82, 2.24) is 35.3 Å². The molecule has 1 unspecified atom stereocenters. The minimum atomic E-state index is -0.226. The molecular formula is C36H43N7O3. The third kappa shape index (κ3) is 5.92. The van der Waals surface area contributed by atoms with Crippen molar-refractivity contribution in [3.63, 3.8) is 0 Å². The predicted molar refractivity (Wildman–Crippen MR) is 177 cm³/mol. The van der Waals surface area contributed by atoms with Crippen LogP contribution in [-0.2, 0) is 17.9 Å². The van der Waals surface area contributed by atoms with Crippen molar-refractivity contribution in [3.8, 4) is 39.5 Å². The minimum absolute atomic E-state index is 0.113. The van der Waals surface area contributed by atoms with Crippen LogP contribution in [-0.4, -0.2) is 74.6 Å². The normalized spacial score (nSPS) is 21.4. The Kier molecular flexibility index (Phi) is 8.59. The fourth-order valence-electron chi connectivity index (χ4n) is 7.43. The number of carbonyl (C=O) groups is 1. The molecule has 5 heterocycles. The summed E-state index contributed by atoms with van der Waals surface area (Å²) in [5.41, 5.74) is 10.5. The van der Waals surface area contributed by atoms with E-state index in [0.717, 1.165) is 84.7 Å². The zero-order valence-electron chi connectivity index (χ0n) is 26.9. The van der Waals surface area contributed by atoms with E-state index in [2.05, 4.69) is 76.5 Å². The van der Waals surface area contributed by atoms with Gasteiger partial charge >= 0.3 is 0 Å². The molecule has 10 nitrogen and oxygen atoms in total. The van der Waals surface area contributed by atoms with Gasteiger partial charge in [0.05, 0.1) is 42.5 Å². The summed E-state index contributed by atoms with van der Waals surface area (Å²) in [7, 11) is 1.62. The van der Waals surface area contributed by atoms with Gasteiger partial charge in [-0.1, -0.05) is 36.4 Å². The Balaban J connectivity index is 1.15. The summed E-state index contributed by atoms with van der Waals surface area (Å²) in [6.45, 7) is 8.13. The molecule has 3 N–H and O–H groups in total. The van der Waals surface area contributed by atoms with E-state index in [1.807, 2.05) is 6.20 Å². The van der Waals surface area contributed by atoms with E-state index in [9.17, 15) is 9.90 Å². The smallest absolute Gasteiger partial charge is 0.237 e. The number of amides is 1. The second kappa shape index (κ2) is 12.9. The lowest BCUT2D eigenvalue weighted by molar-refractivity contribution is -0.119. The molecule has 7 rings (SSSR count). The molecule has 3 atom stereocenters. The van der Waals surface area contributed by atoms with Crippen molar-refractivity contribution >= 4 is 5.91 Å². The predicted octanol–water partition coefficient (Wildman–Crippen LogP) is 4.57. The second-order valence-electron chi connectivity index (χ2n) is 12.9. The fourth-order valence-corrected chi connectivity index (χ4v) is 7.43. The average Bonchev–Trinajstić information content (AvgIpc) is 3.81. The molecule has 2 fully saturated rings. The molecular weight excluding hydrogens is 578 g/mol. The van der Waals surface area contributed by atoms with Gasteiger partial charge in [-0.25, -0.2) is 4.98 Å². The molecule has 240 valence electrons. The highest BCUT2D eigenvalue weighted by atomic mass is 16.5. The van der Waals surface area contributed by atoms with Gasteiger partial charge in [0.25, 0.3) is 0 Å². The van der Waals surface area contributed by atoms with Gasteiger partial charge in [-0.15, -0.1) is 0 Å². The summed E-state index contributed by atoms with van der Waals surface area (Å²) in [5.74, 6) is 0.607. The Morgan fingerprint density at radius 2 is 1.74 bits per heavy atom. The average molecular weight is 622 g/mol. The first-order valence-electron chi connectivity index (χ1n) is 16.5. The van der Waals surface area contributed by atoms with E-state index < -0.39 is 0 Å². The number of fused-ring (bicyclic) bond motifs is 1. The number of aromatic nitrogens is 4. The molecule has 0 spiro atoms. The van der Waals surface area contributed by atoms with Crippen molar-refractivity contribution in [2.45, 2.75) is 77.2 Å². The van der Waals surface area contributed by atoms with Gasteiger partial charge in [-0.3, -0.25) is 19.4 Å². The maximum absolute atomic E-state index is 11.5. The zero-order chi connectivity index (χ0) is 31.8. The Morgan fingerprint density at radius 1 is 1.00 bits per heavy atom. The first-order valence-corrected chi connectivity index (χ1v) is 16.5. The van der Waals surface area contributed by atoms with Gasteiger partial charge in [0, 0.05) is 56.3 Å². The van der Waals surface area contributed by atoms with Crippen LogP contribution in [0.4, 0.5) is 0 Å². The molecule has 0 radical (unpaired) electrons. The molecule has 0 saturated carbocycles. The number of nitrogens with zero attached hydrogens (tertiary/aromatic N) is 5. The van der Waals surface area contributed by atoms with Crippen LogP contribution in [0.15, 0.2) is 48.7 Å². The van der Waals surface area contributed by atoms with E-state index >= 15 is 0 Å². The topological polar surface area (TPSA) is 117 Å². The van der Waals surface area contributed by atoms with Crippen molar-refractivity contribution in [2.75, 3.05) is 26.7 Å². The first kappa shape index (κ1) is 30.5. The lowest BCUT2D eigenvalue weighted by Crippen LogP contribution is -2.35. The van der Waals surface area contributed by atoms with E-state index in [4.69, 9.17) is 19.8 Å². The number of aryl methyl sites for hydroxylation is 1. The van der Waals surface area contributed by atoms with Crippen LogP contribution >= 0.6 is 0 Å². The number of likely N-dealkylation sites (tertiary alicyclic amines) is 1. The lowest BCUT2D eigenvalue weighted by Gasteiger charge is -2.31. The summed E-state index contributed by atoms with van der Waals surface area (Å²) in [4.78, 5) is 23.5. The summed E-state index contributed by atoms with van der Waals surface area (Å²) in [6.07, 6.45) is 6.08. The van der Waals surface area contributed by atoms with E-state index in [-0.39, 0.29) is 18.1 Å². The van der Waals surface area contributed by atoms with Crippen molar-refractivity contribution in [2.24, 2.45) is 0 Å². The highest BCUT2D eigenvalue weighted by molar-refractivity contribution is 5.82. The molecule has 2 saturated heterocycles. The van der Waals surface area contributed by atoms with Crippen LogP contribution < -0.4 is 15.4 Å². The van der Waals surface area contributed by atoms with E-state index in [0.29, 0.717) is 31.4 Å². The zero-order valence-corrected chi connectivity index (χ0v) is 26.9. The monoisotopic (exact) mass is 621 g/mol. The number of aliphatic hydroxyl groups excluding tert-OH is 1. The first-order chi connectivity index (χ1) is 22.4. The molecule has 0 aliphatic carbocycles. The minimum Gasteiger partial charge on any atom is -0.480 e. The molecule has 4 aromatic rings. The highest BCUT2D eigenvalue weighted by Gasteiger charge is 2.32. The van der Waals surface area contributed by atoms with Crippen LogP contribution in [0.2, 0.25) is 0 Å². The third-order valence-corrected chi connectivity index (χ3v) is 9.92. The van der Waals surface area contributed by atoms with E-state index in [1.54, 1.807) is 7.11 Å². The van der Waals surface area contributed by atoms with Gasteiger partial charge < -0.3 is 20.5 Å². The largest absolute Gasteiger partial charge is 0.480 e. The number of methoxy groups -OCH3 is 1. The maximum Gasteiger partial charge on any atom is 0.237 e. The Morgan fingerprint density at radius 3 is 2.41 bits per heavy atom. The van der Waals surface area contributed by atoms with Gasteiger partial charge in [0.2, 0.25) is 11.8 Å². The summed E-state index contributed by atoms with van der Waals surface area (Å²) in [6, 6.07) is 15.5. The number of rotatable bonds is 9. The summed E-state index contributed by atoms with van der Waals surface area (Å²) < 4.78 is 7.84. The Bertz CT molecular complexity index is 1750. The number of ether oxygens (including phenoxy) is 1. The SMILES string of the molecule is COc1nc(-c2cccc(-c3cccc(-c4cc5n(n4)CCCC5N4CC[C@@H](O)C4)c3C)c2C)cnc1CNC[C@@H]1CCC(=O)N1.